The van der Waals surface area contributed by atoms with Crippen molar-refractivity contribution in [2.24, 2.45) is 11.4 Å². The predicted molar refractivity (Wildman–Crippen MR) is 180 cm³/mol. The fourth-order valence-electron chi connectivity index (χ4n) is 4.98. The van der Waals surface area contributed by atoms with Crippen LogP contribution in [-0.4, -0.2) is 93.7 Å². The molecule has 0 aliphatic carbocycles. The fourth-order valence-corrected chi connectivity index (χ4v) is 7.78. The highest BCUT2D eigenvalue weighted by Crippen LogP contribution is 2.45. The summed E-state index contributed by atoms with van der Waals surface area (Å²) in [5.74, 6) is -0.715. The lowest BCUT2D eigenvalue weighted by molar-refractivity contribution is -0.118. The smallest absolute Gasteiger partial charge is 0.403 e. The molecule has 23 heteroatoms. The molecule has 0 bridgehead atoms. The number of hydrogen-bond acceptors (Lipinski definition) is 12. The summed E-state index contributed by atoms with van der Waals surface area (Å²) in [6.45, 7) is 12.5. The van der Waals surface area contributed by atoms with E-state index in [1.165, 1.54) is 6.33 Å². The molecule has 276 valence electrons. The van der Waals surface area contributed by atoms with Crippen LogP contribution in [0.25, 0.3) is 11.2 Å². The minimum atomic E-state index is -4.63. The molecule has 0 spiro atoms. The van der Waals surface area contributed by atoms with Gasteiger partial charge in [0.1, 0.15) is 18.4 Å². The lowest BCUT2D eigenvalue weighted by Crippen LogP contribution is -2.55. The Morgan fingerprint density at radius 1 is 1.24 bits per heavy atom. The molecular formula is C26H47N9O11P2Si. The minimum Gasteiger partial charge on any atom is -0.408 e. The van der Waals surface area contributed by atoms with Crippen molar-refractivity contribution >= 4 is 53.2 Å². The number of anilines is 1. The van der Waals surface area contributed by atoms with Crippen LogP contribution in [0.15, 0.2) is 11.1 Å². The summed E-state index contributed by atoms with van der Waals surface area (Å²) in [5.41, 5.74) is 4.85. The van der Waals surface area contributed by atoms with Crippen LogP contribution in [0.2, 0.25) is 18.1 Å². The number of imidazole rings is 1. The second kappa shape index (κ2) is 15.1. The van der Waals surface area contributed by atoms with Gasteiger partial charge in [-0.2, -0.15) is 4.98 Å². The van der Waals surface area contributed by atoms with Crippen molar-refractivity contribution in [1.82, 2.24) is 29.9 Å². The van der Waals surface area contributed by atoms with Gasteiger partial charge in [0.2, 0.25) is 11.9 Å². The lowest BCUT2D eigenvalue weighted by Gasteiger charge is -2.41. The number of aromatic amines is 1. The Hall–Kier alpha value is -2.39. The van der Waals surface area contributed by atoms with E-state index in [0.717, 1.165) is 6.34 Å². The van der Waals surface area contributed by atoms with E-state index in [0.29, 0.717) is 12.8 Å². The summed E-state index contributed by atoms with van der Waals surface area (Å²) >= 11 is 0. The van der Waals surface area contributed by atoms with Crippen LogP contribution in [0.3, 0.4) is 0 Å². The summed E-state index contributed by atoms with van der Waals surface area (Å²) in [5, 5.41) is 15.1. The standard InChI is InChI=1S/C26H47N9O11P2Si/c1-14(2)22(36)32-25-31-21-19(23(37)33-25)30-13-35(21)17-9-8-15(44-17)10-43-48(40,41)34-18-16(11-42-47(28,38)39)45-24(29-12-27)20(18)46-49(6,7)26(3,4)5/h12-18,20,24H,8-11H2,1-7H3,(H2,27,29)(H3,28,38,39)(H2,34,40,41)(H2,31,32,33,36,37)/t15-,16+,17+,18+,20?,24+/m0/s1. The first kappa shape index (κ1) is 39.4. The molecule has 4 rings (SSSR count). The zero-order valence-electron chi connectivity index (χ0n) is 28.4. The van der Waals surface area contributed by atoms with Gasteiger partial charge in [0, 0.05) is 5.92 Å². The van der Waals surface area contributed by atoms with E-state index >= 15 is 0 Å². The third-order valence-electron chi connectivity index (χ3n) is 8.62. The van der Waals surface area contributed by atoms with E-state index in [-0.39, 0.29) is 40.6 Å². The van der Waals surface area contributed by atoms with E-state index in [9.17, 15) is 28.5 Å². The van der Waals surface area contributed by atoms with Crippen molar-refractivity contribution in [1.29, 1.82) is 5.41 Å². The van der Waals surface area contributed by atoms with Gasteiger partial charge in [0.15, 0.2) is 25.7 Å². The Balaban J connectivity index is 1.48. The number of fused-ring (bicyclic) bond motifs is 1. The molecule has 0 saturated carbocycles. The number of ether oxygens (including phenoxy) is 2. The van der Waals surface area contributed by atoms with Crippen LogP contribution in [0.1, 0.15) is 53.7 Å². The van der Waals surface area contributed by atoms with Gasteiger partial charge in [0.25, 0.3) is 5.56 Å². The number of nitrogens with zero attached hydrogens (tertiary/aromatic N) is 3. The number of nitrogens with one attached hydrogen (secondary N) is 5. The molecular weight excluding hydrogens is 704 g/mol. The van der Waals surface area contributed by atoms with Crippen LogP contribution in [0.4, 0.5) is 5.95 Å². The van der Waals surface area contributed by atoms with E-state index in [4.69, 9.17) is 33.9 Å². The van der Waals surface area contributed by atoms with Crippen LogP contribution in [-0.2, 0) is 36.9 Å². The number of carbonyl (C=O) groups excluding carboxylic acids is 1. The molecule has 9 N–H and O–H groups in total. The average Bonchev–Trinajstić information content (AvgIpc) is 3.68. The quantitative estimate of drug-likeness (QED) is 0.0558. The van der Waals surface area contributed by atoms with Gasteiger partial charge in [-0.3, -0.25) is 38.9 Å². The van der Waals surface area contributed by atoms with E-state index in [1.54, 1.807) is 18.4 Å². The van der Waals surface area contributed by atoms with Crippen LogP contribution in [0.5, 0.6) is 0 Å². The van der Waals surface area contributed by atoms with Gasteiger partial charge in [0.05, 0.1) is 38.0 Å². The maximum atomic E-state index is 13.5. The third-order valence-corrected chi connectivity index (χ3v) is 14.7. The zero-order chi connectivity index (χ0) is 36.5. The van der Waals surface area contributed by atoms with Crippen LogP contribution < -0.4 is 26.8 Å². The van der Waals surface area contributed by atoms with E-state index < -0.39 is 72.8 Å². The maximum absolute atomic E-state index is 13.5. The van der Waals surface area contributed by atoms with Gasteiger partial charge in [-0.25, -0.2) is 24.7 Å². The summed E-state index contributed by atoms with van der Waals surface area (Å²) in [6, 6.07) is -1.11. The monoisotopic (exact) mass is 751 g/mol. The SMILES string of the molecule is CC(C)C(=O)Nc1nc2c(ncn2[C@H]2CC[C@@H](COP(=O)(O)N[C@H]3C(O[Si](C)(C)C(C)(C)C)[C@H](NC=N)O[C@@H]3COP(N)(=O)O)O2)c(=O)[nH]1. The topological polar surface area (TPSA) is 287 Å². The highest BCUT2D eigenvalue weighted by Gasteiger charge is 2.52. The Labute approximate surface area is 284 Å². The van der Waals surface area contributed by atoms with Crippen LogP contribution >= 0.6 is 15.5 Å². The summed E-state index contributed by atoms with van der Waals surface area (Å²) in [6.07, 6.45) is -1.22. The number of rotatable bonds is 15. The number of aromatic nitrogens is 4. The van der Waals surface area contributed by atoms with Crippen molar-refractivity contribution in [2.75, 3.05) is 18.5 Å². The lowest BCUT2D eigenvalue weighted by atomic mass is 10.1. The van der Waals surface area contributed by atoms with E-state index in [1.807, 2.05) is 33.9 Å². The fraction of sp³-hybridized carbons (Fsp3) is 0.731. The molecule has 3 unspecified atom stereocenters. The second-order valence-electron chi connectivity index (χ2n) is 13.8. The van der Waals surface area contributed by atoms with Crippen molar-refractivity contribution < 1.29 is 46.7 Å². The Bertz CT molecular complexity index is 1660. The van der Waals surface area contributed by atoms with Crippen LogP contribution in [0, 0.1) is 11.3 Å². The van der Waals surface area contributed by atoms with Gasteiger partial charge >= 0.3 is 15.5 Å². The Morgan fingerprint density at radius 3 is 2.55 bits per heavy atom. The molecule has 2 aliphatic rings. The first-order valence-electron chi connectivity index (χ1n) is 15.6. The second-order valence-corrected chi connectivity index (χ2v) is 21.5. The van der Waals surface area contributed by atoms with Crippen molar-refractivity contribution in [3.8, 4) is 0 Å². The Kier molecular flexibility index (Phi) is 12.1. The van der Waals surface area contributed by atoms with Crippen molar-refractivity contribution in [3.63, 3.8) is 0 Å². The molecule has 2 aromatic rings. The number of nitrogens with two attached hydrogens (primary N) is 1. The molecule has 20 nitrogen and oxygen atoms in total. The van der Waals surface area contributed by atoms with Gasteiger partial charge in [-0.15, -0.1) is 0 Å². The average molecular weight is 752 g/mol. The maximum Gasteiger partial charge on any atom is 0.403 e. The summed E-state index contributed by atoms with van der Waals surface area (Å²) in [7, 11) is -11.6. The molecule has 0 radical (unpaired) electrons. The number of H-pyrrole nitrogens is 1. The first-order chi connectivity index (χ1) is 22.6. The molecule has 49 heavy (non-hydrogen) atoms. The highest BCUT2D eigenvalue weighted by molar-refractivity contribution is 7.50. The minimum absolute atomic E-state index is 0.0371. The van der Waals surface area contributed by atoms with Gasteiger partial charge < -0.3 is 29.0 Å². The first-order valence-corrected chi connectivity index (χ1v) is 21.8. The molecule has 4 heterocycles. The molecule has 2 fully saturated rings. The highest BCUT2D eigenvalue weighted by atomic mass is 31.2. The number of hydrogen-bond donors (Lipinski definition) is 8. The largest absolute Gasteiger partial charge is 0.408 e. The van der Waals surface area contributed by atoms with Crippen molar-refractivity contribution in [2.45, 2.75) is 102 Å². The summed E-state index contributed by atoms with van der Waals surface area (Å²) in [4.78, 5) is 56.2. The summed E-state index contributed by atoms with van der Waals surface area (Å²) < 4.78 is 55.7. The van der Waals surface area contributed by atoms with Gasteiger partial charge in [-0.05, 0) is 31.0 Å². The molecule has 2 aromatic heterocycles. The number of amides is 1. The zero-order valence-corrected chi connectivity index (χ0v) is 31.2. The molecule has 2 aliphatic heterocycles. The molecule has 1 amide bonds. The molecule has 2 saturated heterocycles. The van der Waals surface area contributed by atoms with E-state index in [2.05, 4.69) is 30.7 Å². The predicted octanol–water partition coefficient (Wildman–Crippen LogP) is 1.85. The molecule has 8 atom stereocenters. The Morgan fingerprint density at radius 2 is 1.94 bits per heavy atom. The molecule has 0 aromatic carbocycles. The van der Waals surface area contributed by atoms with Crippen molar-refractivity contribution in [3.05, 3.63) is 16.7 Å². The van der Waals surface area contributed by atoms with Gasteiger partial charge in [-0.1, -0.05) is 34.6 Å². The number of carbonyl (C=O) groups is 1. The third kappa shape index (κ3) is 9.90. The normalized spacial score (nSPS) is 27.2.